The van der Waals surface area contributed by atoms with Crippen molar-refractivity contribution in [3.05, 3.63) is 24.0 Å². The summed E-state index contributed by atoms with van der Waals surface area (Å²) in [6.07, 6.45) is 2.00. The van der Waals surface area contributed by atoms with Crippen LogP contribution in [0.5, 0.6) is 0 Å². The molecule has 2 N–H and O–H groups in total. The van der Waals surface area contributed by atoms with Gasteiger partial charge in [0.25, 0.3) is 0 Å². The maximum Gasteiger partial charge on any atom is 0.108 e. The number of piperazine rings is 1. The van der Waals surface area contributed by atoms with Crippen molar-refractivity contribution in [2.45, 2.75) is 5.54 Å². The van der Waals surface area contributed by atoms with E-state index in [0.717, 1.165) is 39.4 Å². The second kappa shape index (κ2) is 3.63. The van der Waals surface area contributed by atoms with Crippen LogP contribution in [0.3, 0.4) is 0 Å². The Hall–Kier alpha value is -0.840. The third-order valence-corrected chi connectivity index (χ3v) is 3.50. The van der Waals surface area contributed by atoms with Crippen molar-refractivity contribution < 1.29 is 4.74 Å². The first-order valence-corrected chi connectivity index (χ1v) is 5.59. The van der Waals surface area contributed by atoms with E-state index in [1.807, 2.05) is 6.20 Å². The summed E-state index contributed by atoms with van der Waals surface area (Å²) < 4.78 is 5.43. The Morgan fingerprint density at radius 3 is 2.60 bits per heavy atom. The molecule has 0 aliphatic carbocycles. The topological polar surface area (TPSA) is 40.3 Å². The zero-order valence-corrected chi connectivity index (χ0v) is 8.83. The Morgan fingerprint density at radius 1 is 1.27 bits per heavy atom. The number of hydrogen-bond donors (Lipinski definition) is 2. The minimum absolute atomic E-state index is 0.131. The highest BCUT2D eigenvalue weighted by Gasteiger charge is 2.46. The van der Waals surface area contributed by atoms with Gasteiger partial charge in [-0.25, -0.2) is 0 Å². The molecule has 2 saturated heterocycles. The molecule has 4 heteroatoms. The molecule has 0 saturated carbocycles. The standard InChI is InChI=1S/C11H17N3O/c1-2-10(13-3-1)11(8-15-9-11)14-6-4-12-5-7-14/h1-3,12-13H,4-9H2. The summed E-state index contributed by atoms with van der Waals surface area (Å²) in [5.74, 6) is 0. The average Bonchev–Trinajstić information content (AvgIpc) is 2.72. The highest BCUT2D eigenvalue weighted by molar-refractivity contribution is 5.20. The molecule has 0 unspecified atom stereocenters. The number of aromatic nitrogens is 1. The molecule has 4 nitrogen and oxygen atoms in total. The lowest BCUT2D eigenvalue weighted by Crippen LogP contribution is -2.63. The summed E-state index contributed by atoms with van der Waals surface area (Å²) >= 11 is 0. The molecule has 2 aliphatic heterocycles. The first-order chi connectivity index (χ1) is 7.42. The monoisotopic (exact) mass is 207 g/mol. The summed E-state index contributed by atoms with van der Waals surface area (Å²) in [6.45, 7) is 6.05. The van der Waals surface area contributed by atoms with Crippen LogP contribution in [0.4, 0.5) is 0 Å². The number of hydrogen-bond acceptors (Lipinski definition) is 3. The molecule has 15 heavy (non-hydrogen) atoms. The lowest BCUT2D eigenvalue weighted by molar-refractivity contribution is -0.151. The second-order valence-electron chi connectivity index (χ2n) is 4.35. The van der Waals surface area contributed by atoms with Crippen LogP contribution in [0.25, 0.3) is 0 Å². The van der Waals surface area contributed by atoms with Crippen LogP contribution < -0.4 is 5.32 Å². The van der Waals surface area contributed by atoms with Gasteiger partial charge in [0.15, 0.2) is 0 Å². The van der Waals surface area contributed by atoms with Gasteiger partial charge < -0.3 is 15.0 Å². The van der Waals surface area contributed by atoms with Crippen LogP contribution in [0.2, 0.25) is 0 Å². The highest BCUT2D eigenvalue weighted by Crippen LogP contribution is 2.35. The van der Waals surface area contributed by atoms with Crippen molar-refractivity contribution in [1.82, 2.24) is 15.2 Å². The molecular weight excluding hydrogens is 190 g/mol. The molecular formula is C11H17N3O. The SMILES string of the molecule is c1c[nH]c(C2(N3CCNCC3)COC2)c1. The van der Waals surface area contributed by atoms with E-state index in [-0.39, 0.29) is 5.54 Å². The minimum Gasteiger partial charge on any atom is -0.377 e. The third kappa shape index (κ3) is 1.40. The van der Waals surface area contributed by atoms with Crippen molar-refractivity contribution >= 4 is 0 Å². The van der Waals surface area contributed by atoms with E-state index in [2.05, 4.69) is 27.3 Å². The van der Waals surface area contributed by atoms with Gasteiger partial charge in [-0.3, -0.25) is 4.90 Å². The molecule has 2 fully saturated rings. The molecule has 1 aromatic heterocycles. The fraction of sp³-hybridized carbons (Fsp3) is 0.636. The lowest BCUT2D eigenvalue weighted by atomic mass is 9.90. The molecule has 0 aromatic carbocycles. The van der Waals surface area contributed by atoms with Crippen LogP contribution in [0.1, 0.15) is 5.69 Å². The Bertz CT molecular complexity index is 313. The maximum atomic E-state index is 5.43. The molecule has 0 spiro atoms. The van der Waals surface area contributed by atoms with Gasteiger partial charge in [-0.05, 0) is 12.1 Å². The number of nitrogens with zero attached hydrogens (tertiary/aromatic N) is 1. The first kappa shape index (κ1) is 9.39. The van der Waals surface area contributed by atoms with Crippen molar-refractivity contribution in [2.24, 2.45) is 0 Å². The normalized spacial score (nSPS) is 26.1. The van der Waals surface area contributed by atoms with E-state index in [9.17, 15) is 0 Å². The molecule has 82 valence electrons. The van der Waals surface area contributed by atoms with Crippen LogP contribution in [-0.2, 0) is 10.3 Å². The Labute approximate surface area is 89.6 Å². The van der Waals surface area contributed by atoms with Crippen LogP contribution in [-0.4, -0.2) is 49.3 Å². The summed E-state index contributed by atoms with van der Waals surface area (Å²) in [7, 11) is 0. The molecule has 3 heterocycles. The molecule has 0 radical (unpaired) electrons. The average molecular weight is 207 g/mol. The summed E-state index contributed by atoms with van der Waals surface area (Å²) in [5, 5.41) is 3.39. The largest absolute Gasteiger partial charge is 0.377 e. The van der Waals surface area contributed by atoms with Gasteiger partial charge >= 0.3 is 0 Å². The fourth-order valence-corrected chi connectivity index (χ4v) is 2.52. The van der Waals surface area contributed by atoms with Gasteiger partial charge in [-0.15, -0.1) is 0 Å². The zero-order chi connectivity index (χ0) is 10.1. The van der Waals surface area contributed by atoms with Gasteiger partial charge in [0.1, 0.15) is 5.54 Å². The smallest absolute Gasteiger partial charge is 0.108 e. The van der Waals surface area contributed by atoms with Crippen molar-refractivity contribution in [2.75, 3.05) is 39.4 Å². The lowest BCUT2D eigenvalue weighted by Gasteiger charge is -2.50. The van der Waals surface area contributed by atoms with E-state index in [1.54, 1.807) is 0 Å². The number of ether oxygens (including phenoxy) is 1. The van der Waals surface area contributed by atoms with Crippen LogP contribution in [0, 0.1) is 0 Å². The quantitative estimate of drug-likeness (QED) is 0.725. The van der Waals surface area contributed by atoms with Crippen molar-refractivity contribution in [1.29, 1.82) is 0 Å². The Kier molecular flexibility index (Phi) is 2.27. The summed E-state index contributed by atoms with van der Waals surface area (Å²) in [5.41, 5.74) is 1.43. The fourth-order valence-electron chi connectivity index (χ4n) is 2.52. The van der Waals surface area contributed by atoms with E-state index >= 15 is 0 Å². The van der Waals surface area contributed by atoms with Gasteiger partial charge in [-0.2, -0.15) is 0 Å². The first-order valence-electron chi connectivity index (χ1n) is 5.59. The number of aromatic amines is 1. The third-order valence-electron chi connectivity index (χ3n) is 3.50. The molecule has 2 aliphatic rings. The van der Waals surface area contributed by atoms with E-state index in [4.69, 9.17) is 4.74 Å². The predicted octanol–water partition coefficient (Wildman–Crippen LogP) is 0.145. The number of rotatable bonds is 2. The van der Waals surface area contributed by atoms with Gasteiger partial charge in [0, 0.05) is 38.1 Å². The van der Waals surface area contributed by atoms with Crippen molar-refractivity contribution in [3.8, 4) is 0 Å². The summed E-state index contributed by atoms with van der Waals surface area (Å²) in [6, 6.07) is 4.24. The van der Waals surface area contributed by atoms with Gasteiger partial charge in [-0.1, -0.05) is 0 Å². The number of H-pyrrole nitrogens is 1. The second-order valence-corrected chi connectivity index (χ2v) is 4.35. The maximum absolute atomic E-state index is 5.43. The Morgan fingerprint density at radius 2 is 2.07 bits per heavy atom. The van der Waals surface area contributed by atoms with Crippen molar-refractivity contribution in [3.63, 3.8) is 0 Å². The van der Waals surface area contributed by atoms with E-state index < -0.39 is 0 Å². The highest BCUT2D eigenvalue weighted by atomic mass is 16.5. The molecule has 0 bridgehead atoms. The van der Waals surface area contributed by atoms with Crippen LogP contribution >= 0.6 is 0 Å². The van der Waals surface area contributed by atoms with E-state index in [0.29, 0.717) is 0 Å². The molecule has 0 amide bonds. The van der Waals surface area contributed by atoms with Gasteiger partial charge in [0.2, 0.25) is 0 Å². The zero-order valence-electron chi connectivity index (χ0n) is 8.83. The number of nitrogens with one attached hydrogen (secondary N) is 2. The van der Waals surface area contributed by atoms with E-state index in [1.165, 1.54) is 5.69 Å². The predicted molar refractivity (Wildman–Crippen MR) is 57.7 cm³/mol. The molecule has 0 atom stereocenters. The molecule has 1 aromatic rings. The Balaban J connectivity index is 1.85. The minimum atomic E-state index is 0.131. The summed E-state index contributed by atoms with van der Waals surface area (Å²) in [4.78, 5) is 5.88. The van der Waals surface area contributed by atoms with Crippen LogP contribution in [0.15, 0.2) is 18.3 Å². The molecule has 3 rings (SSSR count). The van der Waals surface area contributed by atoms with Gasteiger partial charge in [0.05, 0.1) is 13.2 Å².